The fourth-order valence-electron chi connectivity index (χ4n) is 2.89. The number of amides is 1. The third kappa shape index (κ3) is 3.69. The van der Waals surface area contributed by atoms with Gasteiger partial charge in [-0.15, -0.1) is 0 Å². The van der Waals surface area contributed by atoms with Crippen molar-refractivity contribution in [3.05, 3.63) is 29.3 Å². The van der Waals surface area contributed by atoms with Gasteiger partial charge in [-0.3, -0.25) is 0 Å². The molecule has 7 nitrogen and oxygen atoms in total. The van der Waals surface area contributed by atoms with E-state index < -0.39 is 11.8 Å². The molecule has 2 aliphatic heterocycles. The normalized spacial score (nSPS) is 17.6. The number of esters is 1. The van der Waals surface area contributed by atoms with Gasteiger partial charge < -0.3 is 23.8 Å². The Balaban J connectivity index is 1.69. The number of carbonyl (C=O) groups is 2. The van der Waals surface area contributed by atoms with Crippen LogP contribution in [-0.4, -0.2) is 50.1 Å². The summed E-state index contributed by atoms with van der Waals surface area (Å²) in [4.78, 5) is 24.3. The van der Waals surface area contributed by atoms with Crippen LogP contribution in [0, 0.1) is 11.8 Å². The molecular formula is C18H19NO6. The number of hydrogen-bond acceptors (Lipinski definition) is 6. The Hall–Kier alpha value is -2.72. The molecule has 0 bridgehead atoms. The maximum Gasteiger partial charge on any atom is 0.409 e. The minimum Gasteiger partial charge on any atom is -0.462 e. The van der Waals surface area contributed by atoms with Crippen molar-refractivity contribution in [3.8, 4) is 17.6 Å². The molecule has 0 radical (unpaired) electrons. The van der Waals surface area contributed by atoms with Gasteiger partial charge in [0.15, 0.2) is 0 Å². The van der Waals surface area contributed by atoms with Crippen LogP contribution in [0.1, 0.15) is 24.0 Å². The lowest BCUT2D eigenvalue weighted by Crippen LogP contribution is -2.52. The SMILES string of the molecule is COC(=O)C#Cc1ccc2c(c1)COC1(CCN(C(=O)OC)CC1)O2. The molecular weight excluding hydrogens is 326 g/mol. The zero-order valence-corrected chi connectivity index (χ0v) is 14.2. The fourth-order valence-corrected chi connectivity index (χ4v) is 2.89. The standard InChI is InChI=1S/C18H19NO6/c1-22-16(20)6-4-13-3-5-15-14(11-13)12-24-18(25-15)7-9-19(10-8-18)17(21)23-2/h3,5,11H,7-10,12H2,1-2H3. The van der Waals surface area contributed by atoms with Gasteiger partial charge in [-0.1, -0.05) is 5.92 Å². The molecule has 0 saturated carbocycles. The molecule has 25 heavy (non-hydrogen) atoms. The molecule has 3 rings (SSSR count). The highest BCUT2D eigenvalue weighted by Gasteiger charge is 2.42. The topological polar surface area (TPSA) is 74.3 Å². The molecule has 0 aliphatic carbocycles. The van der Waals surface area contributed by atoms with Crippen molar-refractivity contribution in [2.75, 3.05) is 27.3 Å². The Kier molecular flexibility index (Phi) is 4.81. The van der Waals surface area contributed by atoms with Gasteiger partial charge in [0.05, 0.1) is 20.8 Å². The largest absolute Gasteiger partial charge is 0.462 e. The molecule has 1 amide bonds. The predicted octanol–water partition coefficient (Wildman–Crippen LogP) is 1.68. The van der Waals surface area contributed by atoms with Crippen LogP contribution in [-0.2, 0) is 25.6 Å². The highest BCUT2D eigenvalue weighted by molar-refractivity contribution is 5.89. The molecule has 7 heteroatoms. The van der Waals surface area contributed by atoms with Crippen LogP contribution >= 0.6 is 0 Å². The summed E-state index contributed by atoms with van der Waals surface area (Å²) in [7, 11) is 2.66. The Morgan fingerprint density at radius 1 is 1.20 bits per heavy atom. The number of fused-ring (bicyclic) bond motifs is 1. The molecule has 1 aromatic carbocycles. The number of nitrogens with zero attached hydrogens (tertiary/aromatic N) is 1. The number of likely N-dealkylation sites (tertiary alicyclic amines) is 1. The number of benzene rings is 1. The molecule has 0 N–H and O–H groups in total. The number of methoxy groups -OCH3 is 2. The van der Waals surface area contributed by atoms with Gasteiger partial charge in [-0.25, -0.2) is 9.59 Å². The highest BCUT2D eigenvalue weighted by atomic mass is 16.7. The molecule has 0 aromatic heterocycles. The lowest BCUT2D eigenvalue weighted by atomic mass is 10.0. The zero-order valence-electron chi connectivity index (χ0n) is 14.2. The fraction of sp³-hybridized carbons (Fsp3) is 0.444. The van der Waals surface area contributed by atoms with Gasteiger partial charge in [0, 0.05) is 43.0 Å². The monoisotopic (exact) mass is 345 g/mol. The van der Waals surface area contributed by atoms with Crippen molar-refractivity contribution in [2.45, 2.75) is 25.2 Å². The number of carbonyl (C=O) groups excluding carboxylic acids is 2. The van der Waals surface area contributed by atoms with Gasteiger partial charge in [0.25, 0.3) is 0 Å². The number of ether oxygens (including phenoxy) is 4. The second-order valence-electron chi connectivity index (χ2n) is 5.82. The molecule has 2 aliphatic rings. The van der Waals surface area contributed by atoms with E-state index in [0.29, 0.717) is 38.1 Å². The molecule has 1 spiro atoms. The van der Waals surface area contributed by atoms with E-state index in [0.717, 1.165) is 11.3 Å². The summed E-state index contributed by atoms with van der Waals surface area (Å²) in [6.45, 7) is 1.43. The van der Waals surface area contributed by atoms with E-state index in [4.69, 9.17) is 14.2 Å². The second kappa shape index (κ2) is 7.03. The van der Waals surface area contributed by atoms with Gasteiger partial charge in [-0.05, 0) is 18.2 Å². The van der Waals surface area contributed by atoms with Crippen LogP contribution < -0.4 is 4.74 Å². The molecule has 132 valence electrons. The Bertz CT molecular complexity index is 740. The number of piperidine rings is 1. The smallest absolute Gasteiger partial charge is 0.409 e. The Morgan fingerprint density at radius 3 is 2.64 bits per heavy atom. The van der Waals surface area contributed by atoms with E-state index in [9.17, 15) is 9.59 Å². The Labute approximate surface area is 145 Å². The Morgan fingerprint density at radius 2 is 1.96 bits per heavy atom. The summed E-state index contributed by atoms with van der Waals surface area (Å²) in [5.74, 6) is 4.58. The summed E-state index contributed by atoms with van der Waals surface area (Å²) in [5.41, 5.74) is 1.56. The van der Waals surface area contributed by atoms with Crippen LogP contribution in [0.4, 0.5) is 4.79 Å². The molecule has 1 aromatic rings. The van der Waals surface area contributed by atoms with Crippen molar-refractivity contribution in [2.24, 2.45) is 0 Å². The maximum absolute atomic E-state index is 11.6. The number of hydrogen-bond donors (Lipinski definition) is 0. The molecule has 2 heterocycles. The van der Waals surface area contributed by atoms with E-state index in [1.807, 2.05) is 12.1 Å². The van der Waals surface area contributed by atoms with Gasteiger partial charge >= 0.3 is 12.1 Å². The first-order chi connectivity index (χ1) is 12.0. The third-order valence-electron chi connectivity index (χ3n) is 4.30. The quantitative estimate of drug-likeness (QED) is 0.526. The first kappa shape index (κ1) is 17.1. The van der Waals surface area contributed by atoms with Gasteiger partial charge in [0.2, 0.25) is 5.79 Å². The summed E-state index contributed by atoms with van der Waals surface area (Å²) in [5, 5.41) is 0. The minimum atomic E-state index is -0.712. The van der Waals surface area contributed by atoms with Crippen molar-refractivity contribution in [1.29, 1.82) is 0 Å². The minimum absolute atomic E-state index is 0.333. The van der Waals surface area contributed by atoms with Crippen LogP contribution in [0.15, 0.2) is 18.2 Å². The van der Waals surface area contributed by atoms with Crippen LogP contribution in [0.3, 0.4) is 0 Å². The first-order valence-corrected chi connectivity index (χ1v) is 7.94. The summed E-state index contributed by atoms with van der Waals surface area (Å²) >= 11 is 0. The zero-order chi connectivity index (χ0) is 17.9. The highest BCUT2D eigenvalue weighted by Crippen LogP contribution is 2.37. The van der Waals surface area contributed by atoms with E-state index in [-0.39, 0.29) is 6.09 Å². The molecule has 1 saturated heterocycles. The van der Waals surface area contributed by atoms with Crippen molar-refractivity contribution < 1.29 is 28.5 Å². The summed E-state index contributed by atoms with van der Waals surface area (Å²) in [6.07, 6.45) is 0.816. The van der Waals surface area contributed by atoms with Crippen molar-refractivity contribution >= 4 is 12.1 Å². The summed E-state index contributed by atoms with van der Waals surface area (Å²) < 4.78 is 21.3. The molecule has 0 atom stereocenters. The first-order valence-electron chi connectivity index (χ1n) is 7.94. The van der Waals surface area contributed by atoms with Gasteiger partial charge in [-0.2, -0.15) is 0 Å². The molecule has 0 unspecified atom stereocenters. The van der Waals surface area contributed by atoms with Crippen LogP contribution in [0.25, 0.3) is 0 Å². The second-order valence-corrected chi connectivity index (χ2v) is 5.82. The third-order valence-corrected chi connectivity index (χ3v) is 4.30. The molecule has 1 fully saturated rings. The predicted molar refractivity (Wildman–Crippen MR) is 86.7 cm³/mol. The van der Waals surface area contributed by atoms with E-state index in [1.165, 1.54) is 14.2 Å². The van der Waals surface area contributed by atoms with E-state index >= 15 is 0 Å². The average Bonchev–Trinajstić information content (AvgIpc) is 2.66. The lowest BCUT2D eigenvalue weighted by molar-refractivity contribution is -0.226. The lowest BCUT2D eigenvalue weighted by Gasteiger charge is -2.43. The van der Waals surface area contributed by atoms with E-state index in [1.54, 1.807) is 11.0 Å². The average molecular weight is 345 g/mol. The van der Waals surface area contributed by atoms with Crippen molar-refractivity contribution in [3.63, 3.8) is 0 Å². The maximum atomic E-state index is 11.6. The van der Waals surface area contributed by atoms with Crippen LogP contribution in [0.5, 0.6) is 5.75 Å². The van der Waals surface area contributed by atoms with Crippen LogP contribution in [0.2, 0.25) is 0 Å². The number of rotatable bonds is 0. The van der Waals surface area contributed by atoms with Gasteiger partial charge in [0.1, 0.15) is 5.75 Å². The van der Waals surface area contributed by atoms with E-state index in [2.05, 4.69) is 16.6 Å². The van der Waals surface area contributed by atoms with Crippen molar-refractivity contribution in [1.82, 2.24) is 4.90 Å². The summed E-state index contributed by atoms with van der Waals surface area (Å²) in [6, 6.07) is 5.45.